The summed E-state index contributed by atoms with van der Waals surface area (Å²) in [6.07, 6.45) is 2.92. The maximum absolute atomic E-state index is 11.5. The van der Waals surface area contributed by atoms with Crippen LogP contribution in [0, 0.1) is 5.92 Å². The smallest absolute Gasteiger partial charge is 0.152 e. The minimum absolute atomic E-state index is 0.133. The quantitative estimate of drug-likeness (QED) is 0.714. The van der Waals surface area contributed by atoms with Gasteiger partial charge in [-0.05, 0) is 5.92 Å². The van der Waals surface area contributed by atoms with Crippen molar-refractivity contribution in [3.8, 4) is 0 Å². The number of nitrogens with zero attached hydrogens (tertiary/aromatic N) is 3. The van der Waals surface area contributed by atoms with Crippen LogP contribution in [0.15, 0.2) is 12.7 Å². The predicted octanol–water partition coefficient (Wildman–Crippen LogP) is 0.349. The first kappa shape index (κ1) is 11.2. The maximum atomic E-state index is 11.5. The van der Waals surface area contributed by atoms with Gasteiger partial charge in [0, 0.05) is 0 Å². The minimum Gasteiger partial charge on any atom is -0.252 e. The third-order valence-electron chi connectivity index (χ3n) is 1.69. The summed E-state index contributed by atoms with van der Waals surface area (Å²) in [6.45, 7) is 4.18. The molecule has 0 radical (unpaired) electrons. The lowest BCUT2D eigenvalue weighted by Crippen LogP contribution is -2.19. The SMILES string of the molecule is CC(C)CS(=O)(=O)CCn1cncn1. The Bertz CT molecular complexity index is 356. The standard InChI is InChI=1S/C8H15N3O2S/c1-8(2)5-14(12,13)4-3-11-7-9-6-10-11/h6-8H,3-5H2,1-2H3. The van der Waals surface area contributed by atoms with E-state index in [0.29, 0.717) is 6.54 Å². The first-order valence-electron chi connectivity index (χ1n) is 4.52. The highest BCUT2D eigenvalue weighted by Gasteiger charge is 2.13. The summed E-state index contributed by atoms with van der Waals surface area (Å²) >= 11 is 0. The summed E-state index contributed by atoms with van der Waals surface area (Å²) in [5, 5.41) is 3.84. The van der Waals surface area contributed by atoms with Crippen LogP contribution in [-0.4, -0.2) is 34.7 Å². The molecule has 0 N–H and O–H groups in total. The molecule has 0 atom stereocenters. The van der Waals surface area contributed by atoms with Crippen molar-refractivity contribution in [3.63, 3.8) is 0 Å². The fraction of sp³-hybridized carbons (Fsp3) is 0.750. The molecule has 0 aliphatic rings. The molecule has 0 aliphatic heterocycles. The van der Waals surface area contributed by atoms with Crippen LogP contribution >= 0.6 is 0 Å². The summed E-state index contributed by atoms with van der Waals surface area (Å²) in [7, 11) is -2.95. The molecule has 14 heavy (non-hydrogen) atoms. The zero-order chi connectivity index (χ0) is 10.6. The van der Waals surface area contributed by atoms with E-state index in [1.807, 2.05) is 13.8 Å². The van der Waals surface area contributed by atoms with E-state index in [0.717, 1.165) is 0 Å². The highest BCUT2D eigenvalue weighted by atomic mass is 32.2. The monoisotopic (exact) mass is 217 g/mol. The van der Waals surface area contributed by atoms with Crippen LogP contribution in [-0.2, 0) is 16.4 Å². The summed E-state index contributed by atoms with van der Waals surface area (Å²) in [6, 6.07) is 0. The lowest BCUT2D eigenvalue weighted by molar-refractivity contribution is 0.568. The zero-order valence-corrected chi connectivity index (χ0v) is 9.24. The molecule has 0 bridgehead atoms. The van der Waals surface area contributed by atoms with Gasteiger partial charge >= 0.3 is 0 Å². The number of aromatic nitrogens is 3. The van der Waals surface area contributed by atoms with Crippen LogP contribution in [0.25, 0.3) is 0 Å². The van der Waals surface area contributed by atoms with E-state index < -0.39 is 9.84 Å². The van der Waals surface area contributed by atoms with Crippen LogP contribution in [0.3, 0.4) is 0 Å². The van der Waals surface area contributed by atoms with E-state index in [9.17, 15) is 8.42 Å². The lowest BCUT2D eigenvalue weighted by atomic mass is 10.3. The third-order valence-corrected chi connectivity index (χ3v) is 3.66. The van der Waals surface area contributed by atoms with Crippen molar-refractivity contribution < 1.29 is 8.42 Å². The maximum Gasteiger partial charge on any atom is 0.152 e. The predicted molar refractivity (Wildman–Crippen MR) is 53.5 cm³/mol. The topological polar surface area (TPSA) is 64.8 Å². The van der Waals surface area contributed by atoms with Crippen molar-refractivity contribution in [2.75, 3.05) is 11.5 Å². The molecule has 1 aromatic heterocycles. The fourth-order valence-corrected chi connectivity index (χ4v) is 2.82. The van der Waals surface area contributed by atoms with Gasteiger partial charge in [0.2, 0.25) is 0 Å². The molecule has 0 spiro atoms. The molecular formula is C8H15N3O2S. The van der Waals surface area contributed by atoms with Crippen molar-refractivity contribution >= 4 is 9.84 Å². The van der Waals surface area contributed by atoms with Gasteiger partial charge in [-0.15, -0.1) is 0 Å². The van der Waals surface area contributed by atoms with E-state index in [-0.39, 0.29) is 17.4 Å². The van der Waals surface area contributed by atoms with Crippen LogP contribution in [0.4, 0.5) is 0 Å². The van der Waals surface area contributed by atoms with Gasteiger partial charge in [-0.3, -0.25) is 4.68 Å². The summed E-state index contributed by atoms with van der Waals surface area (Å²) in [5.41, 5.74) is 0. The molecule has 0 amide bonds. The zero-order valence-electron chi connectivity index (χ0n) is 8.42. The Morgan fingerprint density at radius 3 is 2.64 bits per heavy atom. The number of aryl methyl sites for hydroxylation is 1. The second-order valence-electron chi connectivity index (χ2n) is 3.67. The molecule has 0 aromatic carbocycles. The molecule has 6 heteroatoms. The first-order valence-corrected chi connectivity index (χ1v) is 6.34. The number of rotatable bonds is 5. The molecule has 80 valence electrons. The third kappa shape index (κ3) is 3.87. The second-order valence-corrected chi connectivity index (χ2v) is 5.90. The van der Waals surface area contributed by atoms with Crippen LogP contribution in [0.2, 0.25) is 0 Å². The van der Waals surface area contributed by atoms with Gasteiger partial charge in [-0.25, -0.2) is 13.4 Å². The Balaban J connectivity index is 2.45. The van der Waals surface area contributed by atoms with Crippen molar-refractivity contribution in [1.29, 1.82) is 0 Å². The van der Waals surface area contributed by atoms with Crippen molar-refractivity contribution in [3.05, 3.63) is 12.7 Å². The Hall–Kier alpha value is -0.910. The van der Waals surface area contributed by atoms with Crippen molar-refractivity contribution in [1.82, 2.24) is 14.8 Å². The average Bonchev–Trinajstić information content (AvgIpc) is 2.50. The first-order chi connectivity index (χ1) is 6.49. The van der Waals surface area contributed by atoms with Crippen molar-refractivity contribution in [2.24, 2.45) is 5.92 Å². The van der Waals surface area contributed by atoms with Gasteiger partial charge < -0.3 is 0 Å². The summed E-state index contributed by atoms with van der Waals surface area (Å²) in [4.78, 5) is 3.74. The van der Waals surface area contributed by atoms with E-state index in [4.69, 9.17) is 0 Å². The highest BCUT2D eigenvalue weighted by molar-refractivity contribution is 7.91. The van der Waals surface area contributed by atoms with E-state index in [2.05, 4.69) is 10.1 Å². The Labute approximate surface area is 84.1 Å². The lowest BCUT2D eigenvalue weighted by Gasteiger charge is -2.06. The fourth-order valence-electron chi connectivity index (χ4n) is 1.17. The van der Waals surface area contributed by atoms with E-state index >= 15 is 0 Å². The molecule has 0 unspecified atom stereocenters. The Morgan fingerprint density at radius 1 is 1.43 bits per heavy atom. The van der Waals surface area contributed by atoms with Crippen LogP contribution in [0.1, 0.15) is 13.8 Å². The molecule has 5 nitrogen and oxygen atoms in total. The molecule has 0 saturated heterocycles. The molecular weight excluding hydrogens is 202 g/mol. The molecule has 1 rings (SSSR count). The van der Waals surface area contributed by atoms with Gasteiger partial charge in [0.05, 0.1) is 18.1 Å². The molecule has 1 aromatic rings. The summed E-state index contributed by atoms with van der Waals surface area (Å²) < 4.78 is 24.5. The Kier molecular flexibility index (Phi) is 3.62. The average molecular weight is 217 g/mol. The van der Waals surface area contributed by atoms with Crippen LogP contribution in [0.5, 0.6) is 0 Å². The van der Waals surface area contributed by atoms with Crippen LogP contribution < -0.4 is 0 Å². The number of sulfone groups is 1. The van der Waals surface area contributed by atoms with Gasteiger partial charge in [0.1, 0.15) is 12.7 Å². The normalized spacial score (nSPS) is 12.2. The number of hydrogen-bond acceptors (Lipinski definition) is 4. The molecule has 0 aliphatic carbocycles. The van der Waals surface area contributed by atoms with Gasteiger partial charge in [-0.1, -0.05) is 13.8 Å². The Morgan fingerprint density at radius 2 is 2.14 bits per heavy atom. The van der Waals surface area contributed by atoms with Gasteiger partial charge in [0.15, 0.2) is 9.84 Å². The summed E-state index contributed by atoms with van der Waals surface area (Å²) in [5.74, 6) is 0.548. The second kappa shape index (κ2) is 4.54. The minimum atomic E-state index is -2.95. The number of hydrogen-bond donors (Lipinski definition) is 0. The highest BCUT2D eigenvalue weighted by Crippen LogP contribution is 2.01. The molecule has 0 saturated carbocycles. The van der Waals surface area contributed by atoms with Crippen molar-refractivity contribution in [2.45, 2.75) is 20.4 Å². The molecule has 0 fully saturated rings. The van der Waals surface area contributed by atoms with Gasteiger partial charge in [-0.2, -0.15) is 5.10 Å². The van der Waals surface area contributed by atoms with Gasteiger partial charge in [0.25, 0.3) is 0 Å². The molecule has 1 heterocycles. The van der Waals surface area contributed by atoms with E-state index in [1.165, 1.54) is 17.3 Å². The van der Waals surface area contributed by atoms with E-state index in [1.54, 1.807) is 0 Å². The largest absolute Gasteiger partial charge is 0.252 e.